The first-order valence-electron chi connectivity index (χ1n) is 11.0. The topological polar surface area (TPSA) is 81.2 Å². The van der Waals surface area contributed by atoms with Crippen LogP contribution >= 0.6 is 0 Å². The standard InChI is InChI=1S/C25H28N6O2/c1-32-21-8-6-18(15-22(21)33-2)25-20(31-16-19(26)7-9-24(31)28-25)17-29-11-13-30(14-12-29)23-5-3-4-10-27-23/h3-10,15-16H,11-14,17,26H2,1-2H3. The Kier molecular flexibility index (Phi) is 5.75. The van der Waals surface area contributed by atoms with Crippen molar-refractivity contribution in [3.63, 3.8) is 0 Å². The van der Waals surface area contributed by atoms with Gasteiger partial charge in [0.25, 0.3) is 0 Å². The summed E-state index contributed by atoms with van der Waals surface area (Å²) >= 11 is 0. The summed E-state index contributed by atoms with van der Waals surface area (Å²) in [5.41, 5.74) is 10.7. The maximum absolute atomic E-state index is 6.13. The van der Waals surface area contributed by atoms with Crippen LogP contribution in [-0.4, -0.2) is 59.7 Å². The normalized spacial score (nSPS) is 14.5. The molecule has 2 N–H and O–H groups in total. The van der Waals surface area contributed by atoms with Gasteiger partial charge in [-0.05, 0) is 42.5 Å². The van der Waals surface area contributed by atoms with Gasteiger partial charge in [0.05, 0.1) is 25.6 Å². The molecular formula is C25H28N6O2. The number of nitrogens with zero attached hydrogens (tertiary/aromatic N) is 5. The van der Waals surface area contributed by atoms with Crippen LogP contribution in [0.3, 0.4) is 0 Å². The second kappa shape index (κ2) is 8.99. The SMILES string of the molecule is COc1ccc(-c2nc3ccc(N)cn3c2CN2CCN(c3ccccn3)CC2)cc1OC. The Bertz CT molecular complexity index is 1250. The van der Waals surface area contributed by atoms with Crippen LogP contribution < -0.4 is 20.1 Å². The first-order chi connectivity index (χ1) is 16.2. The molecule has 1 fully saturated rings. The Labute approximate surface area is 193 Å². The average molecular weight is 445 g/mol. The van der Waals surface area contributed by atoms with Gasteiger partial charge >= 0.3 is 0 Å². The van der Waals surface area contributed by atoms with Crippen molar-refractivity contribution in [1.82, 2.24) is 19.3 Å². The highest BCUT2D eigenvalue weighted by Gasteiger charge is 2.22. The summed E-state index contributed by atoms with van der Waals surface area (Å²) in [5.74, 6) is 2.41. The monoisotopic (exact) mass is 444 g/mol. The fraction of sp³-hybridized carbons (Fsp3) is 0.280. The second-order valence-corrected chi connectivity index (χ2v) is 8.12. The molecule has 1 saturated heterocycles. The molecule has 8 heteroatoms. The van der Waals surface area contributed by atoms with Crippen molar-refractivity contribution in [1.29, 1.82) is 0 Å². The Morgan fingerprint density at radius 3 is 2.48 bits per heavy atom. The number of nitrogen functional groups attached to an aromatic ring is 1. The number of nitrogens with two attached hydrogens (primary N) is 1. The van der Waals surface area contributed by atoms with Gasteiger partial charge in [0.1, 0.15) is 11.5 Å². The molecule has 5 rings (SSSR count). The molecule has 1 aliphatic rings. The Balaban J connectivity index is 1.46. The Morgan fingerprint density at radius 1 is 0.939 bits per heavy atom. The molecule has 0 saturated carbocycles. The number of benzene rings is 1. The molecule has 170 valence electrons. The maximum Gasteiger partial charge on any atom is 0.161 e. The van der Waals surface area contributed by atoms with Crippen LogP contribution in [0.5, 0.6) is 11.5 Å². The molecule has 0 atom stereocenters. The van der Waals surface area contributed by atoms with E-state index in [9.17, 15) is 0 Å². The van der Waals surface area contributed by atoms with E-state index in [2.05, 4.69) is 25.3 Å². The fourth-order valence-corrected chi connectivity index (χ4v) is 4.36. The first kappa shape index (κ1) is 21.1. The molecule has 4 aromatic rings. The first-order valence-corrected chi connectivity index (χ1v) is 11.0. The van der Waals surface area contributed by atoms with Crippen molar-refractivity contribution < 1.29 is 9.47 Å². The molecule has 0 aliphatic carbocycles. The number of hydrogen-bond donors (Lipinski definition) is 1. The highest BCUT2D eigenvalue weighted by molar-refractivity contribution is 5.70. The minimum absolute atomic E-state index is 0.682. The second-order valence-electron chi connectivity index (χ2n) is 8.12. The lowest BCUT2D eigenvalue weighted by molar-refractivity contribution is 0.246. The van der Waals surface area contributed by atoms with E-state index in [1.807, 2.05) is 54.9 Å². The Hall–Kier alpha value is -3.78. The lowest BCUT2D eigenvalue weighted by Crippen LogP contribution is -2.46. The smallest absolute Gasteiger partial charge is 0.161 e. The molecule has 4 heterocycles. The van der Waals surface area contributed by atoms with E-state index in [1.165, 1.54) is 0 Å². The van der Waals surface area contributed by atoms with Crippen molar-refractivity contribution >= 4 is 17.2 Å². The molecule has 3 aromatic heterocycles. The third-order valence-corrected chi connectivity index (χ3v) is 6.12. The summed E-state index contributed by atoms with van der Waals surface area (Å²) in [4.78, 5) is 14.2. The lowest BCUT2D eigenvalue weighted by atomic mass is 10.1. The minimum atomic E-state index is 0.682. The van der Waals surface area contributed by atoms with E-state index >= 15 is 0 Å². The summed E-state index contributed by atoms with van der Waals surface area (Å²) in [7, 11) is 3.29. The van der Waals surface area contributed by atoms with Gasteiger partial charge in [-0.3, -0.25) is 4.90 Å². The zero-order valence-corrected chi connectivity index (χ0v) is 18.9. The van der Waals surface area contributed by atoms with Crippen molar-refractivity contribution in [2.24, 2.45) is 0 Å². The van der Waals surface area contributed by atoms with Gasteiger partial charge in [-0.2, -0.15) is 0 Å². The van der Waals surface area contributed by atoms with Crippen LogP contribution in [0.2, 0.25) is 0 Å². The fourth-order valence-electron chi connectivity index (χ4n) is 4.36. The summed E-state index contributed by atoms with van der Waals surface area (Å²) in [5, 5.41) is 0. The third-order valence-electron chi connectivity index (χ3n) is 6.12. The van der Waals surface area contributed by atoms with Crippen LogP contribution in [0.25, 0.3) is 16.9 Å². The van der Waals surface area contributed by atoms with E-state index in [0.717, 1.165) is 61.1 Å². The van der Waals surface area contributed by atoms with Crippen molar-refractivity contribution in [2.75, 3.05) is 51.0 Å². The number of methoxy groups -OCH3 is 2. The molecule has 0 radical (unpaired) electrons. The number of anilines is 2. The molecule has 0 bridgehead atoms. The van der Waals surface area contributed by atoms with Gasteiger partial charge in [-0.1, -0.05) is 6.07 Å². The predicted octanol–water partition coefficient (Wildman–Crippen LogP) is 3.32. The predicted molar refractivity (Wildman–Crippen MR) is 130 cm³/mol. The Morgan fingerprint density at radius 2 is 1.76 bits per heavy atom. The summed E-state index contributed by atoms with van der Waals surface area (Å²) in [6.45, 7) is 4.52. The largest absolute Gasteiger partial charge is 0.493 e. The highest BCUT2D eigenvalue weighted by Crippen LogP contribution is 2.34. The number of pyridine rings is 2. The summed E-state index contributed by atoms with van der Waals surface area (Å²) < 4.78 is 13.1. The van der Waals surface area contributed by atoms with Crippen molar-refractivity contribution in [3.05, 3.63) is 66.6 Å². The minimum Gasteiger partial charge on any atom is -0.493 e. The van der Waals surface area contributed by atoms with Crippen LogP contribution in [-0.2, 0) is 6.54 Å². The molecule has 0 spiro atoms. The van der Waals surface area contributed by atoms with E-state index in [-0.39, 0.29) is 0 Å². The van der Waals surface area contributed by atoms with Crippen molar-refractivity contribution in [3.8, 4) is 22.8 Å². The van der Waals surface area contributed by atoms with Crippen molar-refractivity contribution in [2.45, 2.75) is 6.54 Å². The van der Waals surface area contributed by atoms with Crippen LogP contribution in [0.4, 0.5) is 11.5 Å². The van der Waals surface area contributed by atoms with Gasteiger partial charge in [-0.15, -0.1) is 0 Å². The van der Waals surface area contributed by atoms with Crippen LogP contribution in [0.15, 0.2) is 60.9 Å². The molecule has 0 unspecified atom stereocenters. The maximum atomic E-state index is 6.13. The average Bonchev–Trinajstić information content (AvgIpc) is 3.22. The number of rotatable bonds is 6. The van der Waals surface area contributed by atoms with Gasteiger partial charge in [-0.25, -0.2) is 9.97 Å². The summed E-state index contributed by atoms with van der Waals surface area (Å²) in [6, 6.07) is 15.8. The van der Waals surface area contributed by atoms with E-state index in [1.54, 1.807) is 14.2 Å². The van der Waals surface area contributed by atoms with Crippen LogP contribution in [0.1, 0.15) is 5.69 Å². The molecule has 1 aromatic carbocycles. The lowest BCUT2D eigenvalue weighted by Gasteiger charge is -2.35. The summed E-state index contributed by atoms with van der Waals surface area (Å²) in [6.07, 6.45) is 3.80. The van der Waals surface area contributed by atoms with Gasteiger partial charge in [0.2, 0.25) is 0 Å². The van der Waals surface area contributed by atoms with E-state index in [4.69, 9.17) is 20.2 Å². The molecule has 0 amide bonds. The zero-order chi connectivity index (χ0) is 22.8. The molecule has 1 aliphatic heterocycles. The molecule has 8 nitrogen and oxygen atoms in total. The van der Waals surface area contributed by atoms with Gasteiger partial charge < -0.3 is 24.5 Å². The molecular weight excluding hydrogens is 416 g/mol. The molecule has 33 heavy (non-hydrogen) atoms. The van der Waals surface area contributed by atoms with Crippen LogP contribution in [0, 0.1) is 0 Å². The van der Waals surface area contributed by atoms with E-state index in [0.29, 0.717) is 17.2 Å². The quantitative estimate of drug-likeness (QED) is 0.489. The number of piperazine rings is 1. The number of aromatic nitrogens is 3. The number of ether oxygens (including phenoxy) is 2. The number of fused-ring (bicyclic) bond motifs is 1. The number of hydrogen-bond acceptors (Lipinski definition) is 7. The highest BCUT2D eigenvalue weighted by atomic mass is 16.5. The number of imidazole rings is 1. The van der Waals surface area contributed by atoms with Gasteiger partial charge in [0, 0.05) is 56.4 Å². The third kappa shape index (κ3) is 4.17. The van der Waals surface area contributed by atoms with E-state index < -0.39 is 0 Å². The van der Waals surface area contributed by atoms with Gasteiger partial charge in [0.15, 0.2) is 11.5 Å². The zero-order valence-electron chi connectivity index (χ0n) is 18.9.